The van der Waals surface area contributed by atoms with Crippen LogP contribution in [0.1, 0.15) is 44.9 Å². The Kier molecular flexibility index (Phi) is 6.51. The molecule has 0 bridgehead atoms. The van der Waals surface area contributed by atoms with Gasteiger partial charge in [-0.2, -0.15) is 11.8 Å². The molecule has 2 aliphatic rings. The lowest BCUT2D eigenvalue weighted by Gasteiger charge is -2.35. The first-order valence-corrected chi connectivity index (χ1v) is 9.07. The number of thioether (sulfide) groups is 1. The second kappa shape index (κ2) is 8.15. The highest BCUT2D eigenvalue weighted by Gasteiger charge is 2.26. The summed E-state index contributed by atoms with van der Waals surface area (Å²) in [5.74, 6) is 2.08. The SMILES string of the molecule is CSCCC(=O)N1CCO[C@@H](CC2CCCCC2)C1. The number of morpholine rings is 1. The van der Waals surface area contributed by atoms with Gasteiger partial charge in [-0.15, -0.1) is 0 Å². The molecule has 1 aliphatic heterocycles. The van der Waals surface area contributed by atoms with Crippen LogP contribution in [0.2, 0.25) is 0 Å². The van der Waals surface area contributed by atoms with Crippen LogP contribution >= 0.6 is 11.8 Å². The fourth-order valence-corrected chi connectivity index (χ4v) is 3.61. The molecule has 19 heavy (non-hydrogen) atoms. The molecule has 1 atom stereocenters. The number of hydrogen-bond acceptors (Lipinski definition) is 3. The van der Waals surface area contributed by atoms with Crippen molar-refractivity contribution in [1.82, 2.24) is 4.90 Å². The average Bonchev–Trinajstić information content (AvgIpc) is 2.46. The van der Waals surface area contributed by atoms with E-state index in [9.17, 15) is 4.79 Å². The van der Waals surface area contributed by atoms with Gasteiger partial charge in [-0.1, -0.05) is 32.1 Å². The van der Waals surface area contributed by atoms with Crippen molar-refractivity contribution in [1.29, 1.82) is 0 Å². The molecular weight excluding hydrogens is 258 g/mol. The van der Waals surface area contributed by atoms with E-state index in [4.69, 9.17) is 4.74 Å². The third-order valence-electron chi connectivity index (χ3n) is 4.33. The highest BCUT2D eigenvalue weighted by atomic mass is 32.2. The molecule has 2 rings (SSSR count). The average molecular weight is 285 g/mol. The fraction of sp³-hybridized carbons (Fsp3) is 0.933. The minimum atomic E-state index is 0.287. The largest absolute Gasteiger partial charge is 0.375 e. The van der Waals surface area contributed by atoms with Crippen LogP contribution in [-0.2, 0) is 9.53 Å². The maximum absolute atomic E-state index is 12.1. The number of amides is 1. The molecule has 1 amide bonds. The van der Waals surface area contributed by atoms with Crippen molar-refractivity contribution in [3.05, 3.63) is 0 Å². The van der Waals surface area contributed by atoms with Crippen molar-refractivity contribution in [2.75, 3.05) is 31.7 Å². The third kappa shape index (κ3) is 4.99. The van der Waals surface area contributed by atoms with Crippen molar-refractivity contribution >= 4 is 17.7 Å². The first-order valence-electron chi connectivity index (χ1n) is 7.68. The highest BCUT2D eigenvalue weighted by Crippen LogP contribution is 2.29. The molecule has 1 saturated heterocycles. The summed E-state index contributed by atoms with van der Waals surface area (Å²) in [6.07, 6.45) is 11.1. The number of nitrogens with zero attached hydrogens (tertiary/aromatic N) is 1. The molecule has 4 heteroatoms. The van der Waals surface area contributed by atoms with Crippen molar-refractivity contribution in [3.8, 4) is 0 Å². The summed E-state index contributed by atoms with van der Waals surface area (Å²) in [4.78, 5) is 14.1. The van der Waals surface area contributed by atoms with E-state index in [0.29, 0.717) is 12.3 Å². The normalized spacial score (nSPS) is 25.5. The van der Waals surface area contributed by atoms with Crippen molar-refractivity contribution in [2.45, 2.75) is 51.0 Å². The number of hydrogen-bond donors (Lipinski definition) is 0. The van der Waals surface area contributed by atoms with E-state index in [1.807, 2.05) is 4.90 Å². The molecule has 0 aromatic rings. The molecule has 1 heterocycles. The van der Waals surface area contributed by atoms with E-state index < -0.39 is 0 Å². The summed E-state index contributed by atoms with van der Waals surface area (Å²) in [6, 6.07) is 0. The summed E-state index contributed by atoms with van der Waals surface area (Å²) in [7, 11) is 0. The lowest BCUT2D eigenvalue weighted by atomic mass is 9.85. The van der Waals surface area contributed by atoms with Gasteiger partial charge in [0.1, 0.15) is 0 Å². The van der Waals surface area contributed by atoms with E-state index >= 15 is 0 Å². The molecule has 3 nitrogen and oxygen atoms in total. The van der Waals surface area contributed by atoms with Crippen LogP contribution in [-0.4, -0.2) is 48.6 Å². The van der Waals surface area contributed by atoms with Gasteiger partial charge >= 0.3 is 0 Å². The quantitative estimate of drug-likeness (QED) is 0.778. The summed E-state index contributed by atoms with van der Waals surface area (Å²) in [6.45, 7) is 2.33. The van der Waals surface area contributed by atoms with E-state index in [0.717, 1.165) is 37.8 Å². The molecule has 0 N–H and O–H groups in total. The van der Waals surface area contributed by atoms with Crippen molar-refractivity contribution < 1.29 is 9.53 Å². The highest BCUT2D eigenvalue weighted by molar-refractivity contribution is 7.98. The van der Waals surface area contributed by atoms with Gasteiger partial charge in [0.25, 0.3) is 0 Å². The van der Waals surface area contributed by atoms with Crippen LogP contribution in [0.15, 0.2) is 0 Å². The van der Waals surface area contributed by atoms with Crippen molar-refractivity contribution in [3.63, 3.8) is 0 Å². The predicted octanol–water partition coefficient (Wildman–Crippen LogP) is 2.94. The van der Waals surface area contributed by atoms with E-state index in [1.54, 1.807) is 11.8 Å². The molecule has 0 unspecified atom stereocenters. The van der Waals surface area contributed by atoms with E-state index in [-0.39, 0.29) is 6.10 Å². The Morgan fingerprint density at radius 1 is 1.32 bits per heavy atom. The molecule has 0 spiro atoms. The topological polar surface area (TPSA) is 29.5 Å². The Labute approximate surface area is 121 Å². The first kappa shape index (κ1) is 15.2. The van der Waals surface area contributed by atoms with Crippen LogP contribution in [0.5, 0.6) is 0 Å². The summed E-state index contributed by atoms with van der Waals surface area (Å²) in [5, 5.41) is 0. The summed E-state index contributed by atoms with van der Waals surface area (Å²) < 4.78 is 5.87. The lowest BCUT2D eigenvalue weighted by Crippen LogP contribution is -2.46. The standard InChI is InChI=1S/C15H27NO2S/c1-19-10-7-15(17)16-8-9-18-14(12-16)11-13-5-3-2-4-6-13/h13-14H,2-12H2,1H3/t14-/m0/s1. The monoisotopic (exact) mass is 285 g/mol. The van der Waals surface area contributed by atoms with E-state index in [2.05, 4.69) is 6.26 Å². The minimum Gasteiger partial charge on any atom is -0.375 e. The van der Waals surface area contributed by atoms with Gasteiger partial charge in [0.05, 0.1) is 12.7 Å². The zero-order valence-corrected chi connectivity index (χ0v) is 12.9. The minimum absolute atomic E-state index is 0.287. The molecular formula is C15H27NO2S. The second-order valence-corrected chi connectivity index (χ2v) is 6.80. The van der Waals surface area contributed by atoms with Gasteiger partial charge in [-0.3, -0.25) is 4.79 Å². The van der Waals surface area contributed by atoms with Crippen LogP contribution < -0.4 is 0 Å². The summed E-state index contributed by atoms with van der Waals surface area (Å²) >= 11 is 1.74. The van der Waals surface area contributed by atoms with Crippen molar-refractivity contribution in [2.24, 2.45) is 5.92 Å². The van der Waals surface area contributed by atoms with Gasteiger partial charge < -0.3 is 9.64 Å². The van der Waals surface area contributed by atoms with Gasteiger partial charge in [0, 0.05) is 25.3 Å². The molecule has 110 valence electrons. The van der Waals surface area contributed by atoms with Gasteiger partial charge in [0.2, 0.25) is 5.91 Å². The van der Waals surface area contributed by atoms with Crippen LogP contribution in [0.3, 0.4) is 0 Å². The third-order valence-corrected chi connectivity index (χ3v) is 4.94. The predicted molar refractivity (Wildman–Crippen MR) is 80.5 cm³/mol. The Morgan fingerprint density at radius 2 is 2.11 bits per heavy atom. The number of ether oxygens (including phenoxy) is 1. The first-order chi connectivity index (χ1) is 9.29. The second-order valence-electron chi connectivity index (χ2n) is 5.82. The Hall–Kier alpha value is -0.220. The zero-order chi connectivity index (χ0) is 13.5. The number of carbonyl (C=O) groups is 1. The zero-order valence-electron chi connectivity index (χ0n) is 12.1. The number of rotatable bonds is 5. The van der Waals surface area contributed by atoms with Crippen LogP contribution in [0.4, 0.5) is 0 Å². The maximum Gasteiger partial charge on any atom is 0.223 e. The molecule has 0 radical (unpaired) electrons. The molecule has 0 aromatic heterocycles. The Balaban J connectivity index is 1.74. The molecule has 1 aliphatic carbocycles. The van der Waals surface area contributed by atoms with Crippen LogP contribution in [0.25, 0.3) is 0 Å². The summed E-state index contributed by atoms with van der Waals surface area (Å²) in [5.41, 5.74) is 0. The van der Waals surface area contributed by atoms with E-state index in [1.165, 1.54) is 32.1 Å². The number of carbonyl (C=O) groups excluding carboxylic acids is 1. The Bertz CT molecular complexity index is 279. The lowest BCUT2D eigenvalue weighted by molar-refractivity contribution is -0.139. The molecule has 2 fully saturated rings. The maximum atomic E-state index is 12.1. The molecule has 0 aromatic carbocycles. The van der Waals surface area contributed by atoms with Crippen LogP contribution in [0, 0.1) is 5.92 Å². The fourth-order valence-electron chi connectivity index (χ4n) is 3.23. The van der Waals surface area contributed by atoms with Gasteiger partial charge in [-0.25, -0.2) is 0 Å². The molecule has 1 saturated carbocycles. The van der Waals surface area contributed by atoms with Gasteiger partial charge in [0.15, 0.2) is 0 Å². The Morgan fingerprint density at radius 3 is 2.84 bits per heavy atom. The van der Waals surface area contributed by atoms with Gasteiger partial charge in [-0.05, 0) is 18.6 Å². The smallest absolute Gasteiger partial charge is 0.223 e.